The SMILES string of the molecule is CC(CS(=O)(=O)Nc1cccc(F)c1)C(=O)N1CCN(CC(C)(C)C)CC1. The van der Waals surface area contributed by atoms with Gasteiger partial charge >= 0.3 is 0 Å². The standard InChI is InChI=1S/C19H30FN3O3S/c1-15(13-27(25,26)21-17-7-5-6-16(20)12-17)18(24)23-10-8-22(9-11-23)14-19(2,3)4/h5-7,12,15,21H,8-11,13-14H2,1-4H3. The van der Waals surface area contributed by atoms with Crippen molar-refractivity contribution < 1.29 is 17.6 Å². The van der Waals surface area contributed by atoms with Crippen LogP contribution in [0.4, 0.5) is 10.1 Å². The molecular formula is C19H30FN3O3S. The fraction of sp³-hybridized carbons (Fsp3) is 0.632. The fourth-order valence-electron chi connectivity index (χ4n) is 3.28. The molecule has 0 bridgehead atoms. The summed E-state index contributed by atoms with van der Waals surface area (Å²) in [5, 5.41) is 0. The summed E-state index contributed by atoms with van der Waals surface area (Å²) >= 11 is 0. The maximum Gasteiger partial charge on any atom is 0.233 e. The van der Waals surface area contributed by atoms with E-state index in [1.807, 2.05) is 0 Å². The van der Waals surface area contributed by atoms with Gasteiger partial charge in [-0.2, -0.15) is 0 Å². The Morgan fingerprint density at radius 1 is 1.22 bits per heavy atom. The number of hydrogen-bond donors (Lipinski definition) is 1. The van der Waals surface area contributed by atoms with Crippen LogP contribution in [0.5, 0.6) is 0 Å². The molecular weight excluding hydrogens is 369 g/mol. The number of carbonyl (C=O) groups excluding carboxylic acids is 1. The Morgan fingerprint density at radius 3 is 2.41 bits per heavy atom. The average Bonchev–Trinajstić information content (AvgIpc) is 2.52. The molecule has 1 aliphatic rings. The molecule has 0 spiro atoms. The minimum Gasteiger partial charge on any atom is -0.340 e. The Labute approximate surface area is 161 Å². The number of sulfonamides is 1. The lowest BCUT2D eigenvalue weighted by Crippen LogP contribution is -2.52. The van der Waals surface area contributed by atoms with E-state index >= 15 is 0 Å². The van der Waals surface area contributed by atoms with Gasteiger partial charge in [0.2, 0.25) is 15.9 Å². The van der Waals surface area contributed by atoms with Gasteiger partial charge in [-0.15, -0.1) is 0 Å². The third-order valence-electron chi connectivity index (χ3n) is 4.37. The van der Waals surface area contributed by atoms with Crippen molar-refractivity contribution in [2.45, 2.75) is 27.7 Å². The van der Waals surface area contributed by atoms with Crippen LogP contribution in [0.15, 0.2) is 24.3 Å². The predicted molar refractivity (Wildman–Crippen MR) is 105 cm³/mol. The number of benzene rings is 1. The summed E-state index contributed by atoms with van der Waals surface area (Å²) in [5.41, 5.74) is 0.362. The first-order chi connectivity index (χ1) is 12.5. The Bertz CT molecular complexity index is 754. The first-order valence-corrected chi connectivity index (χ1v) is 10.9. The molecule has 1 heterocycles. The summed E-state index contributed by atoms with van der Waals surface area (Å²) in [6, 6.07) is 5.25. The van der Waals surface area contributed by atoms with Crippen LogP contribution in [0.2, 0.25) is 0 Å². The molecule has 2 rings (SSSR count). The van der Waals surface area contributed by atoms with E-state index in [9.17, 15) is 17.6 Å². The maximum atomic E-state index is 13.2. The lowest BCUT2D eigenvalue weighted by Gasteiger charge is -2.38. The highest BCUT2D eigenvalue weighted by Crippen LogP contribution is 2.18. The zero-order chi connectivity index (χ0) is 20.2. The second kappa shape index (κ2) is 8.56. The van der Waals surface area contributed by atoms with E-state index in [0.29, 0.717) is 13.1 Å². The van der Waals surface area contributed by atoms with Crippen molar-refractivity contribution in [1.29, 1.82) is 0 Å². The van der Waals surface area contributed by atoms with E-state index in [0.717, 1.165) is 25.7 Å². The molecule has 1 saturated heterocycles. The fourth-order valence-corrected chi connectivity index (χ4v) is 4.65. The number of halogens is 1. The van der Waals surface area contributed by atoms with E-state index in [2.05, 4.69) is 30.4 Å². The molecule has 1 N–H and O–H groups in total. The summed E-state index contributed by atoms with van der Waals surface area (Å²) < 4.78 is 40.2. The first kappa shape index (κ1) is 21.6. The maximum absolute atomic E-state index is 13.2. The molecule has 1 aromatic rings. The highest BCUT2D eigenvalue weighted by Gasteiger charge is 2.29. The number of rotatable bonds is 6. The van der Waals surface area contributed by atoms with Crippen LogP contribution >= 0.6 is 0 Å². The van der Waals surface area contributed by atoms with Crippen molar-refractivity contribution in [2.24, 2.45) is 11.3 Å². The lowest BCUT2D eigenvalue weighted by atomic mass is 9.96. The van der Waals surface area contributed by atoms with Crippen LogP contribution in [0.3, 0.4) is 0 Å². The molecule has 1 fully saturated rings. The molecule has 1 atom stereocenters. The molecule has 27 heavy (non-hydrogen) atoms. The van der Waals surface area contributed by atoms with Gasteiger partial charge < -0.3 is 4.90 Å². The minimum atomic E-state index is -3.74. The largest absolute Gasteiger partial charge is 0.340 e. The Kier molecular flexibility index (Phi) is 6.86. The summed E-state index contributed by atoms with van der Waals surface area (Å²) in [6.07, 6.45) is 0. The molecule has 152 valence electrons. The third kappa shape index (κ3) is 7.10. The van der Waals surface area contributed by atoms with Gasteiger partial charge in [0.05, 0.1) is 17.4 Å². The van der Waals surface area contributed by atoms with Crippen molar-refractivity contribution in [3.05, 3.63) is 30.1 Å². The number of hydrogen-bond acceptors (Lipinski definition) is 4. The first-order valence-electron chi connectivity index (χ1n) is 9.22. The van der Waals surface area contributed by atoms with Crippen molar-refractivity contribution in [1.82, 2.24) is 9.80 Å². The van der Waals surface area contributed by atoms with E-state index in [1.165, 1.54) is 18.2 Å². The Balaban J connectivity index is 1.88. The number of nitrogens with one attached hydrogen (secondary N) is 1. The highest BCUT2D eigenvalue weighted by molar-refractivity contribution is 7.92. The summed E-state index contributed by atoms with van der Waals surface area (Å²) in [5.74, 6) is -1.67. The molecule has 1 unspecified atom stereocenters. The van der Waals surface area contributed by atoms with Crippen molar-refractivity contribution in [2.75, 3.05) is 43.2 Å². The smallest absolute Gasteiger partial charge is 0.233 e. The monoisotopic (exact) mass is 399 g/mol. The summed E-state index contributed by atoms with van der Waals surface area (Å²) in [7, 11) is -3.74. The Morgan fingerprint density at radius 2 is 1.85 bits per heavy atom. The van der Waals surface area contributed by atoms with E-state index in [-0.39, 0.29) is 22.8 Å². The van der Waals surface area contributed by atoms with Gasteiger partial charge in [0.25, 0.3) is 0 Å². The van der Waals surface area contributed by atoms with Gasteiger partial charge in [0, 0.05) is 32.7 Å². The van der Waals surface area contributed by atoms with Crippen LogP contribution in [0.1, 0.15) is 27.7 Å². The predicted octanol–water partition coefficient (Wildman–Crippen LogP) is 2.39. The van der Waals surface area contributed by atoms with Crippen molar-refractivity contribution >= 4 is 21.6 Å². The molecule has 1 aliphatic heterocycles. The molecule has 0 radical (unpaired) electrons. The van der Waals surface area contributed by atoms with Gasteiger partial charge in [-0.05, 0) is 23.6 Å². The van der Waals surface area contributed by atoms with Gasteiger partial charge in [0.15, 0.2) is 0 Å². The number of piperazine rings is 1. The minimum absolute atomic E-state index is 0.157. The quantitative estimate of drug-likeness (QED) is 0.797. The van der Waals surface area contributed by atoms with Crippen LogP contribution in [0, 0.1) is 17.2 Å². The average molecular weight is 400 g/mol. The number of nitrogens with zero attached hydrogens (tertiary/aromatic N) is 2. The zero-order valence-corrected chi connectivity index (χ0v) is 17.4. The van der Waals surface area contributed by atoms with E-state index in [1.54, 1.807) is 11.8 Å². The second-order valence-corrected chi connectivity index (χ2v) is 10.2. The summed E-state index contributed by atoms with van der Waals surface area (Å²) in [6.45, 7) is 11.9. The number of anilines is 1. The Hall–Kier alpha value is -1.67. The van der Waals surface area contributed by atoms with Crippen molar-refractivity contribution in [3.63, 3.8) is 0 Å². The van der Waals surface area contributed by atoms with Gasteiger partial charge in [-0.25, -0.2) is 12.8 Å². The van der Waals surface area contributed by atoms with E-state index in [4.69, 9.17) is 0 Å². The number of amides is 1. The topological polar surface area (TPSA) is 69.7 Å². The molecule has 1 aromatic carbocycles. The normalized spacial score (nSPS) is 17.6. The molecule has 0 saturated carbocycles. The third-order valence-corrected chi connectivity index (χ3v) is 5.86. The summed E-state index contributed by atoms with van der Waals surface area (Å²) in [4.78, 5) is 16.7. The molecule has 6 nitrogen and oxygen atoms in total. The lowest BCUT2D eigenvalue weighted by molar-refractivity contribution is -0.136. The van der Waals surface area contributed by atoms with Gasteiger partial charge in [0.1, 0.15) is 5.82 Å². The molecule has 1 amide bonds. The van der Waals surface area contributed by atoms with Crippen LogP contribution in [-0.4, -0.2) is 62.6 Å². The number of carbonyl (C=O) groups is 1. The van der Waals surface area contributed by atoms with Crippen LogP contribution in [-0.2, 0) is 14.8 Å². The van der Waals surface area contributed by atoms with Gasteiger partial charge in [-0.3, -0.25) is 14.4 Å². The van der Waals surface area contributed by atoms with E-state index < -0.39 is 21.8 Å². The molecule has 0 aliphatic carbocycles. The second-order valence-electron chi connectivity index (χ2n) is 8.46. The highest BCUT2D eigenvalue weighted by atomic mass is 32.2. The van der Waals surface area contributed by atoms with Crippen molar-refractivity contribution in [3.8, 4) is 0 Å². The van der Waals surface area contributed by atoms with Gasteiger partial charge in [-0.1, -0.05) is 33.8 Å². The molecule has 0 aromatic heterocycles. The zero-order valence-electron chi connectivity index (χ0n) is 16.5. The van der Waals surface area contributed by atoms with Crippen LogP contribution < -0.4 is 4.72 Å². The molecule has 8 heteroatoms. The van der Waals surface area contributed by atoms with Crippen LogP contribution in [0.25, 0.3) is 0 Å².